The van der Waals surface area contributed by atoms with Crippen molar-refractivity contribution in [3.8, 4) is 17.6 Å². The van der Waals surface area contributed by atoms with Gasteiger partial charge in [0.25, 0.3) is 5.91 Å². The van der Waals surface area contributed by atoms with Gasteiger partial charge in [0, 0.05) is 0 Å². The van der Waals surface area contributed by atoms with E-state index in [-0.39, 0.29) is 19.1 Å². The maximum atomic E-state index is 13.4. The summed E-state index contributed by atoms with van der Waals surface area (Å²) in [6.07, 6.45) is 1.34. The van der Waals surface area contributed by atoms with Crippen molar-refractivity contribution in [1.29, 1.82) is 5.26 Å². The number of ether oxygens (including phenoxy) is 2. The van der Waals surface area contributed by atoms with Gasteiger partial charge in [0.1, 0.15) is 29.7 Å². The summed E-state index contributed by atoms with van der Waals surface area (Å²) in [5, 5.41) is 22.0. The van der Waals surface area contributed by atoms with Gasteiger partial charge in [-0.2, -0.15) is 5.26 Å². The minimum atomic E-state index is -1.10. The Balaban J connectivity index is 1.43. The molecular formula is C24H25N3O5. The van der Waals surface area contributed by atoms with Crippen LogP contribution in [-0.4, -0.2) is 48.3 Å². The molecule has 3 amide bonds. The number of rotatable bonds is 7. The van der Waals surface area contributed by atoms with Crippen LogP contribution in [0.5, 0.6) is 11.5 Å². The van der Waals surface area contributed by atoms with E-state index >= 15 is 0 Å². The number of benzene rings is 2. The monoisotopic (exact) mass is 435 g/mol. The fourth-order valence-electron chi connectivity index (χ4n) is 4.39. The quantitative estimate of drug-likeness (QED) is 0.646. The van der Waals surface area contributed by atoms with E-state index in [1.165, 1.54) is 0 Å². The summed E-state index contributed by atoms with van der Waals surface area (Å²) in [4.78, 5) is 27.1. The van der Waals surface area contributed by atoms with Gasteiger partial charge in [-0.3, -0.25) is 9.69 Å². The highest BCUT2D eigenvalue weighted by Gasteiger charge is 2.54. The van der Waals surface area contributed by atoms with Gasteiger partial charge in [-0.05, 0) is 60.2 Å². The maximum Gasteiger partial charge on any atom is 0.325 e. The first kappa shape index (κ1) is 21.7. The number of nitriles is 1. The number of fused-ring (bicyclic) bond motifs is 2. The lowest BCUT2D eigenvalue weighted by molar-refractivity contribution is -0.133. The van der Waals surface area contributed by atoms with E-state index in [4.69, 9.17) is 14.7 Å². The number of imide groups is 1. The molecule has 2 atom stereocenters. The third kappa shape index (κ3) is 3.99. The van der Waals surface area contributed by atoms with Crippen LogP contribution in [0.25, 0.3) is 0 Å². The molecule has 1 spiro atoms. The Bertz CT molecular complexity index is 1060. The average molecular weight is 435 g/mol. The van der Waals surface area contributed by atoms with Crippen molar-refractivity contribution in [1.82, 2.24) is 10.2 Å². The Kier molecular flexibility index (Phi) is 6.01. The molecule has 0 radical (unpaired) electrons. The van der Waals surface area contributed by atoms with Crippen molar-refractivity contribution >= 4 is 11.9 Å². The molecule has 166 valence electrons. The molecule has 0 bridgehead atoms. The number of urea groups is 1. The standard InChI is InChI=1S/C24H25N3O5/c1-31-20-8-9-21-17(13-20)3-2-11-24(21)22(29)27(23(30)26-24)14-18(28)15-32-19-6-4-16(5-7-19)10-12-25/h4-9,13,18,28H,2-3,10-11,14-15H2,1H3,(H,26,30)/t18-,24-/m1/s1. The summed E-state index contributed by atoms with van der Waals surface area (Å²) in [6.45, 7) is -0.236. The highest BCUT2D eigenvalue weighted by Crippen LogP contribution is 2.41. The molecule has 8 heteroatoms. The Morgan fingerprint density at radius 2 is 1.97 bits per heavy atom. The number of hydrogen-bond donors (Lipinski definition) is 2. The summed E-state index contributed by atoms with van der Waals surface area (Å²) in [5.41, 5.74) is 1.53. The van der Waals surface area contributed by atoms with E-state index in [9.17, 15) is 14.7 Å². The SMILES string of the molecule is COc1ccc2c(c1)CCC[C@@]21NC(=O)N(C[C@@H](O)COc2ccc(CC#N)cc2)C1=O. The molecule has 4 rings (SSSR count). The minimum absolute atomic E-state index is 0.0740. The number of carbonyl (C=O) groups excluding carboxylic acids is 2. The molecule has 1 aliphatic carbocycles. The van der Waals surface area contributed by atoms with Crippen molar-refractivity contribution in [3.63, 3.8) is 0 Å². The fraction of sp³-hybridized carbons (Fsp3) is 0.375. The van der Waals surface area contributed by atoms with E-state index < -0.39 is 17.7 Å². The number of methoxy groups -OCH3 is 1. The lowest BCUT2D eigenvalue weighted by atomic mass is 9.76. The lowest BCUT2D eigenvalue weighted by Crippen LogP contribution is -2.47. The predicted octanol–water partition coefficient (Wildman–Crippen LogP) is 2.28. The van der Waals surface area contributed by atoms with Crippen LogP contribution in [0, 0.1) is 11.3 Å². The minimum Gasteiger partial charge on any atom is -0.497 e. The molecule has 0 unspecified atom stereocenters. The summed E-state index contributed by atoms with van der Waals surface area (Å²) in [5.74, 6) is 0.894. The molecular weight excluding hydrogens is 410 g/mol. The van der Waals surface area contributed by atoms with Crippen LogP contribution < -0.4 is 14.8 Å². The van der Waals surface area contributed by atoms with E-state index in [0.29, 0.717) is 24.3 Å². The number of amides is 3. The van der Waals surface area contributed by atoms with Gasteiger partial charge in [0.05, 0.1) is 26.1 Å². The van der Waals surface area contributed by atoms with Crippen molar-refractivity contribution in [2.24, 2.45) is 0 Å². The van der Waals surface area contributed by atoms with Gasteiger partial charge in [-0.15, -0.1) is 0 Å². The first-order chi connectivity index (χ1) is 15.5. The number of hydrogen-bond acceptors (Lipinski definition) is 6. The average Bonchev–Trinajstić information content (AvgIpc) is 3.03. The van der Waals surface area contributed by atoms with Crippen LogP contribution in [0.15, 0.2) is 42.5 Å². The van der Waals surface area contributed by atoms with Crippen LogP contribution in [0.4, 0.5) is 4.79 Å². The number of nitrogens with zero attached hydrogens (tertiary/aromatic N) is 2. The topological polar surface area (TPSA) is 112 Å². The van der Waals surface area contributed by atoms with E-state index in [1.807, 2.05) is 12.1 Å². The second kappa shape index (κ2) is 8.89. The predicted molar refractivity (Wildman–Crippen MR) is 115 cm³/mol. The first-order valence-electron chi connectivity index (χ1n) is 10.5. The van der Waals surface area contributed by atoms with Crippen molar-refractivity contribution in [3.05, 3.63) is 59.2 Å². The van der Waals surface area contributed by atoms with Crippen LogP contribution in [0.2, 0.25) is 0 Å². The molecule has 2 aromatic rings. The normalized spacial score (nSPS) is 20.5. The Morgan fingerprint density at radius 1 is 1.22 bits per heavy atom. The number of nitrogens with one attached hydrogen (secondary N) is 1. The Hall–Kier alpha value is -3.57. The van der Waals surface area contributed by atoms with Gasteiger partial charge in [0.2, 0.25) is 0 Å². The smallest absolute Gasteiger partial charge is 0.325 e. The maximum absolute atomic E-state index is 13.4. The highest BCUT2D eigenvalue weighted by molar-refractivity contribution is 6.07. The lowest BCUT2D eigenvalue weighted by Gasteiger charge is -2.33. The largest absolute Gasteiger partial charge is 0.497 e. The van der Waals surface area contributed by atoms with Gasteiger partial charge in [0.15, 0.2) is 0 Å². The Morgan fingerprint density at radius 3 is 2.69 bits per heavy atom. The fourth-order valence-corrected chi connectivity index (χ4v) is 4.39. The van der Waals surface area contributed by atoms with Crippen LogP contribution in [-0.2, 0) is 23.2 Å². The molecule has 32 heavy (non-hydrogen) atoms. The molecule has 1 fully saturated rings. The second-order valence-electron chi connectivity index (χ2n) is 8.07. The number of aliphatic hydroxyl groups excluding tert-OH is 1. The zero-order valence-electron chi connectivity index (χ0n) is 17.8. The molecule has 1 heterocycles. The number of β-amino-alcohol motifs (C(OH)–C–C–N with tert-alkyl or cyclic N) is 1. The van der Waals surface area contributed by atoms with Crippen molar-refractivity contribution in [2.45, 2.75) is 37.3 Å². The van der Waals surface area contributed by atoms with E-state index in [2.05, 4.69) is 11.4 Å². The van der Waals surface area contributed by atoms with Crippen LogP contribution >= 0.6 is 0 Å². The van der Waals surface area contributed by atoms with Crippen LogP contribution in [0.1, 0.15) is 29.5 Å². The summed E-state index contributed by atoms with van der Waals surface area (Å²) < 4.78 is 10.9. The van der Waals surface area contributed by atoms with Gasteiger partial charge in [-0.1, -0.05) is 18.2 Å². The second-order valence-corrected chi connectivity index (χ2v) is 8.07. The molecule has 1 aliphatic heterocycles. The first-order valence-corrected chi connectivity index (χ1v) is 10.5. The van der Waals surface area contributed by atoms with Gasteiger partial charge >= 0.3 is 6.03 Å². The van der Waals surface area contributed by atoms with Gasteiger partial charge in [-0.25, -0.2) is 4.79 Å². The van der Waals surface area contributed by atoms with E-state index in [0.717, 1.165) is 34.4 Å². The summed E-state index contributed by atoms with van der Waals surface area (Å²) >= 11 is 0. The van der Waals surface area contributed by atoms with Crippen LogP contribution in [0.3, 0.4) is 0 Å². The molecule has 8 nitrogen and oxygen atoms in total. The molecule has 1 saturated heterocycles. The molecule has 2 N–H and O–H groups in total. The highest BCUT2D eigenvalue weighted by atomic mass is 16.5. The third-order valence-electron chi connectivity index (χ3n) is 5.99. The molecule has 2 aliphatic rings. The number of carbonyl (C=O) groups is 2. The molecule has 2 aromatic carbocycles. The molecule has 0 saturated carbocycles. The number of aliphatic hydroxyl groups is 1. The van der Waals surface area contributed by atoms with Crippen molar-refractivity contribution < 1.29 is 24.2 Å². The summed E-state index contributed by atoms with van der Waals surface area (Å²) in [6, 6.07) is 14.1. The molecule has 0 aromatic heterocycles. The van der Waals surface area contributed by atoms with E-state index in [1.54, 1.807) is 37.4 Å². The summed E-state index contributed by atoms with van der Waals surface area (Å²) in [7, 11) is 1.59. The van der Waals surface area contributed by atoms with Gasteiger partial charge < -0.3 is 19.9 Å². The number of aryl methyl sites for hydroxylation is 1. The zero-order valence-corrected chi connectivity index (χ0v) is 17.8. The Labute approximate surface area is 186 Å². The zero-order chi connectivity index (χ0) is 22.7. The van der Waals surface area contributed by atoms with Crippen molar-refractivity contribution in [2.75, 3.05) is 20.3 Å². The third-order valence-corrected chi connectivity index (χ3v) is 5.99.